The van der Waals surface area contributed by atoms with E-state index in [1.54, 1.807) is 24.3 Å². The van der Waals surface area contributed by atoms with Crippen LogP contribution in [-0.2, 0) is 29.8 Å². The van der Waals surface area contributed by atoms with Crippen LogP contribution in [0, 0.1) is 0 Å². The number of rotatable bonds is 16. The molecule has 0 saturated carbocycles. The smallest absolute Gasteiger partial charge is 0.351 e. The van der Waals surface area contributed by atoms with Crippen molar-refractivity contribution >= 4 is 32.6 Å². The molecule has 1 aromatic carbocycles. The van der Waals surface area contributed by atoms with E-state index < -0.39 is 57.9 Å². The van der Waals surface area contributed by atoms with Gasteiger partial charge in [0.15, 0.2) is 17.9 Å². The van der Waals surface area contributed by atoms with Crippen LogP contribution in [0.2, 0.25) is 5.02 Å². The zero-order valence-corrected chi connectivity index (χ0v) is 30.9. The zero-order valence-electron chi connectivity index (χ0n) is 28.4. The van der Waals surface area contributed by atoms with Gasteiger partial charge in [-0.1, -0.05) is 65.3 Å². The molecule has 0 bridgehead atoms. The molecule has 2 heterocycles. The van der Waals surface area contributed by atoms with Crippen molar-refractivity contribution in [3.63, 3.8) is 0 Å². The number of benzene rings is 1. The van der Waals surface area contributed by atoms with Gasteiger partial charge in [-0.05, 0) is 63.0 Å². The first-order valence-corrected chi connectivity index (χ1v) is 19.7. The Bertz CT molecular complexity index is 1340. The second-order valence-electron chi connectivity index (χ2n) is 10.5. The predicted molar refractivity (Wildman–Crippen MR) is 184 cm³/mol. The summed E-state index contributed by atoms with van der Waals surface area (Å²) >= 11 is 5.89. The van der Waals surface area contributed by atoms with E-state index in [-0.39, 0.29) is 12.4 Å². The van der Waals surface area contributed by atoms with Crippen LogP contribution in [0.3, 0.4) is 0 Å². The molecule has 1 fully saturated rings. The van der Waals surface area contributed by atoms with Crippen LogP contribution < -0.4 is 11.2 Å². The normalized spacial score (nSPS) is 20.5. The number of anilines is 1. The second-order valence-corrected chi connectivity index (χ2v) is 15.0. The summed E-state index contributed by atoms with van der Waals surface area (Å²) in [6.07, 6.45) is -4.83. The molecule has 1 unspecified atom stereocenters. The monoisotopic (exact) mass is 743 g/mol. The number of ether oxygens (including phenoxy) is 1. The summed E-state index contributed by atoms with van der Waals surface area (Å²) in [4.78, 5) is 53.3. The molecule has 1 aromatic heterocycles. The van der Waals surface area contributed by atoms with Gasteiger partial charge in [-0.15, -0.1) is 0 Å². The van der Waals surface area contributed by atoms with Crippen LogP contribution in [0.5, 0.6) is 0 Å². The number of aliphatic hydroxyl groups excluding tert-OH is 2. The lowest BCUT2D eigenvalue weighted by Crippen LogP contribution is -2.36. The minimum atomic E-state index is -4.84. The van der Waals surface area contributed by atoms with E-state index in [0.29, 0.717) is 5.02 Å². The number of halogens is 1. The molecule has 0 amide bonds. The van der Waals surface area contributed by atoms with Crippen molar-refractivity contribution in [1.29, 1.82) is 0 Å². The molecular formula is C29H52ClN5O11P2. The fraction of sp³-hybridized carbons (Fsp3) is 0.655. The van der Waals surface area contributed by atoms with Gasteiger partial charge in [-0.2, -0.15) is 4.98 Å². The number of aromatic nitrogens is 2. The molecule has 1 aliphatic rings. The quantitative estimate of drug-likeness (QED) is 0.108. The fourth-order valence-electron chi connectivity index (χ4n) is 4.39. The highest BCUT2D eigenvalue weighted by molar-refractivity contribution is 7.70. The molecule has 48 heavy (non-hydrogen) atoms. The summed E-state index contributed by atoms with van der Waals surface area (Å²) in [5.41, 5.74) is 2.39. The van der Waals surface area contributed by atoms with Gasteiger partial charge in [0, 0.05) is 11.2 Å². The van der Waals surface area contributed by atoms with E-state index >= 15 is 0 Å². The molecule has 1 aliphatic heterocycles. The van der Waals surface area contributed by atoms with Gasteiger partial charge in [0.2, 0.25) is 0 Å². The molecule has 5 atom stereocenters. The van der Waals surface area contributed by atoms with Gasteiger partial charge >= 0.3 is 20.9 Å². The lowest BCUT2D eigenvalue weighted by atomic mass is 10.1. The second kappa shape index (κ2) is 22.1. The molecule has 0 aliphatic carbocycles. The molecule has 2 aromatic rings. The summed E-state index contributed by atoms with van der Waals surface area (Å²) in [6, 6.07) is 8.27. The van der Waals surface area contributed by atoms with Gasteiger partial charge in [-0.25, -0.2) is 10.3 Å². The highest BCUT2D eigenvalue weighted by atomic mass is 35.5. The summed E-state index contributed by atoms with van der Waals surface area (Å²) in [5.74, 6) is -1.37. The van der Waals surface area contributed by atoms with Gasteiger partial charge in [0.1, 0.15) is 18.3 Å². The topological polar surface area (TPSA) is 216 Å². The van der Waals surface area contributed by atoms with Gasteiger partial charge < -0.3 is 44.0 Å². The van der Waals surface area contributed by atoms with E-state index in [9.17, 15) is 29.0 Å². The van der Waals surface area contributed by atoms with E-state index in [1.165, 1.54) is 51.5 Å². The third kappa shape index (κ3) is 16.3. The minimum Gasteiger partial charge on any atom is -0.387 e. The van der Waals surface area contributed by atoms with E-state index in [1.807, 2.05) is 0 Å². The number of nitrogens with one attached hydrogen (secondary N) is 1. The highest BCUT2D eigenvalue weighted by Gasteiger charge is 2.45. The summed E-state index contributed by atoms with van der Waals surface area (Å²) in [6.45, 7) is 19.6. The van der Waals surface area contributed by atoms with Gasteiger partial charge in [-0.3, -0.25) is 18.5 Å². The average molecular weight is 744 g/mol. The van der Waals surface area contributed by atoms with Crippen molar-refractivity contribution in [2.45, 2.75) is 72.7 Å². The molecule has 19 heteroatoms. The zero-order chi connectivity index (χ0) is 36.5. The first kappa shape index (κ1) is 44.3. The highest BCUT2D eigenvalue weighted by Crippen LogP contribution is 2.55. The maximum Gasteiger partial charge on any atom is 0.351 e. The van der Waals surface area contributed by atoms with Gasteiger partial charge in [0.25, 0.3) is 0 Å². The van der Waals surface area contributed by atoms with Crippen molar-refractivity contribution in [2.75, 3.05) is 57.3 Å². The number of hydrogen-bond donors (Lipinski definition) is 6. The Morgan fingerprint density at radius 1 is 0.938 bits per heavy atom. The van der Waals surface area contributed by atoms with Crippen LogP contribution >= 0.6 is 26.8 Å². The summed E-state index contributed by atoms with van der Waals surface area (Å²) in [5, 5.41) is 20.9. The predicted octanol–water partition coefficient (Wildman–Crippen LogP) is 3.09. The van der Waals surface area contributed by atoms with Crippen molar-refractivity contribution in [3.8, 4) is 0 Å². The molecule has 6 N–H and O–H groups in total. The summed E-state index contributed by atoms with van der Waals surface area (Å²) in [7, 11) is -9.54. The standard InChI is InChI=1S/C17H22ClN3O11P2.2C6H15N/c18-11-3-1-2-10(6-11)7-30-20-13-4-5-21(17(24)19-13)16-15(23)14(22)12(32-16)8-31-34(28,29)9-33(25,26)27;2*1-4-7(5-2)6-3/h1-6,12,14-16,22-23H,7-9H2,(H,28,29)(H,19,20,24)(H2,25,26,27);2*4-6H2,1-3H3/t12-,14-,15-,16-;;/m1../s1. The van der Waals surface area contributed by atoms with Crippen molar-refractivity contribution in [2.24, 2.45) is 0 Å². The minimum absolute atomic E-state index is 0.0508. The first-order valence-electron chi connectivity index (χ1n) is 15.7. The largest absolute Gasteiger partial charge is 0.387 e. The number of nitrogens with zero attached hydrogens (tertiary/aromatic N) is 4. The van der Waals surface area contributed by atoms with Crippen molar-refractivity contribution < 1.29 is 48.1 Å². The third-order valence-electron chi connectivity index (χ3n) is 7.23. The Labute approximate surface area is 287 Å². The molecule has 0 radical (unpaired) electrons. The Hall–Kier alpha value is -1.75. The SMILES string of the molecule is CCN(CC)CC.CCN(CC)CC.O=c1nc(NOCc2cccc(Cl)c2)ccn1[C@@H]1O[C@H](COP(=O)(O)CP(=O)(O)O)[C@@H](O)[C@H]1O. The summed E-state index contributed by atoms with van der Waals surface area (Å²) < 4.78 is 33.5. The molecular weight excluding hydrogens is 692 g/mol. The van der Waals surface area contributed by atoms with E-state index in [4.69, 9.17) is 31.0 Å². The molecule has 1 saturated heterocycles. The first-order chi connectivity index (χ1) is 22.5. The Kier molecular flexibility index (Phi) is 20.4. The molecule has 276 valence electrons. The molecule has 0 spiro atoms. The van der Waals surface area contributed by atoms with Crippen LogP contribution in [-0.4, -0.2) is 114 Å². The Morgan fingerprint density at radius 2 is 1.50 bits per heavy atom. The van der Waals surface area contributed by atoms with Crippen LogP contribution in [0.4, 0.5) is 5.82 Å². The van der Waals surface area contributed by atoms with Crippen LogP contribution in [0.25, 0.3) is 0 Å². The van der Waals surface area contributed by atoms with E-state index in [2.05, 4.69) is 66.3 Å². The van der Waals surface area contributed by atoms with Crippen molar-refractivity contribution in [1.82, 2.24) is 19.4 Å². The maximum absolute atomic E-state index is 12.4. The third-order valence-corrected chi connectivity index (χ3v) is 10.9. The Balaban J connectivity index is 0.000000687. The number of hydrogen-bond acceptors (Lipinski definition) is 12. The lowest BCUT2D eigenvalue weighted by molar-refractivity contribution is -0.0523. The fourth-order valence-corrected chi connectivity index (χ4v) is 7.17. The molecule has 3 rings (SSSR count). The van der Waals surface area contributed by atoms with Crippen LogP contribution in [0.15, 0.2) is 41.3 Å². The van der Waals surface area contributed by atoms with Crippen LogP contribution in [0.1, 0.15) is 53.3 Å². The number of aliphatic hydroxyl groups is 2. The maximum atomic E-state index is 12.4. The lowest BCUT2D eigenvalue weighted by Gasteiger charge is -2.18. The van der Waals surface area contributed by atoms with Crippen molar-refractivity contribution in [3.05, 3.63) is 57.6 Å². The Morgan fingerprint density at radius 3 is 1.96 bits per heavy atom. The van der Waals surface area contributed by atoms with Gasteiger partial charge in [0.05, 0.1) is 13.2 Å². The van der Waals surface area contributed by atoms with E-state index in [0.717, 1.165) is 10.1 Å². The molecule has 16 nitrogen and oxygen atoms in total. The average Bonchev–Trinajstić information content (AvgIpc) is 3.30.